The van der Waals surface area contributed by atoms with Crippen molar-refractivity contribution in [2.75, 3.05) is 44.4 Å². The predicted octanol–water partition coefficient (Wildman–Crippen LogP) is -0.496. The zero-order valence-electron chi connectivity index (χ0n) is 17.3. The number of amides is 1. The van der Waals surface area contributed by atoms with Gasteiger partial charge in [-0.2, -0.15) is 4.98 Å². The molecule has 12 heteroatoms. The summed E-state index contributed by atoms with van der Waals surface area (Å²) in [5.74, 6) is -0.996. The largest absolute Gasteiger partial charge is 0.480 e. The normalized spacial score (nSPS) is 11.5. The fourth-order valence-corrected chi connectivity index (χ4v) is 2.65. The maximum Gasteiger partial charge on any atom is 0.323 e. The number of nitrogens with zero attached hydrogens (tertiary/aromatic N) is 4. The average molecular weight is 408 g/mol. The summed E-state index contributed by atoms with van der Waals surface area (Å²) in [5.41, 5.74) is -0.529. The molecule has 2 heterocycles. The van der Waals surface area contributed by atoms with Gasteiger partial charge in [-0.3, -0.25) is 23.9 Å². The van der Waals surface area contributed by atoms with Crippen LogP contribution in [0.2, 0.25) is 0 Å². The number of nitrogens with one attached hydrogen (secondary N) is 4. The maximum atomic E-state index is 12.9. The highest BCUT2D eigenvalue weighted by Gasteiger charge is 2.24. The summed E-state index contributed by atoms with van der Waals surface area (Å²) < 4.78 is 1.49. The molecule has 5 N–H and O–H groups in total. The number of carbonyl (C=O) groups excluding carboxylic acids is 1. The molecule has 0 aliphatic heterocycles. The summed E-state index contributed by atoms with van der Waals surface area (Å²) in [6, 6.07) is 0. The van der Waals surface area contributed by atoms with Crippen LogP contribution in [0.3, 0.4) is 0 Å². The zero-order chi connectivity index (χ0) is 21.8. The van der Waals surface area contributed by atoms with Crippen molar-refractivity contribution in [3.05, 3.63) is 10.4 Å². The van der Waals surface area contributed by atoms with Crippen LogP contribution >= 0.6 is 0 Å². The molecule has 160 valence electrons. The highest BCUT2D eigenvalue weighted by atomic mass is 16.4. The van der Waals surface area contributed by atoms with Gasteiger partial charge in [0.2, 0.25) is 17.8 Å². The summed E-state index contributed by atoms with van der Waals surface area (Å²) in [7, 11) is 3.32. The number of carboxylic acids is 1. The summed E-state index contributed by atoms with van der Waals surface area (Å²) in [5, 5.41) is 18.0. The van der Waals surface area contributed by atoms with Crippen LogP contribution in [0, 0.1) is 0 Å². The van der Waals surface area contributed by atoms with Gasteiger partial charge in [0.05, 0.1) is 0 Å². The van der Waals surface area contributed by atoms with E-state index < -0.39 is 29.5 Å². The van der Waals surface area contributed by atoms with Crippen molar-refractivity contribution in [2.24, 2.45) is 0 Å². The number of carboxylic acid groups (broad SMARTS) is 1. The van der Waals surface area contributed by atoms with Crippen LogP contribution in [-0.2, 0) is 16.1 Å². The van der Waals surface area contributed by atoms with E-state index in [9.17, 15) is 14.4 Å². The molecule has 0 spiro atoms. The second kappa shape index (κ2) is 8.90. The van der Waals surface area contributed by atoms with E-state index in [-0.39, 0.29) is 30.2 Å². The monoisotopic (exact) mass is 408 g/mol. The van der Waals surface area contributed by atoms with Crippen molar-refractivity contribution in [3.63, 3.8) is 0 Å². The van der Waals surface area contributed by atoms with Gasteiger partial charge in [0, 0.05) is 25.7 Å². The van der Waals surface area contributed by atoms with Gasteiger partial charge in [0.1, 0.15) is 13.1 Å². The highest BCUT2D eigenvalue weighted by molar-refractivity contribution is 5.84. The van der Waals surface area contributed by atoms with E-state index in [4.69, 9.17) is 5.11 Å². The number of aliphatic carboxylic acids is 1. The van der Waals surface area contributed by atoms with Crippen molar-refractivity contribution in [2.45, 2.75) is 32.9 Å². The van der Waals surface area contributed by atoms with Gasteiger partial charge in [-0.15, -0.1) is 0 Å². The third kappa shape index (κ3) is 5.67. The molecule has 12 nitrogen and oxygen atoms in total. The molecule has 0 unspecified atom stereocenters. The SMILES string of the molecule is CNCCN(CC(=O)O)C(=O)Cn1c(NC(C)(C)C)nc2c(=O)[nH]c(NC)nc21. The fourth-order valence-electron chi connectivity index (χ4n) is 2.65. The highest BCUT2D eigenvalue weighted by Crippen LogP contribution is 2.20. The Bertz CT molecular complexity index is 943. The Hall–Kier alpha value is -3.15. The first-order valence-electron chi connectivity index (χ1n) is 9.16. The lowest BCUT2D eigenvalue weighted by molar-refractivity contribution is -0.144. The minimum absolute atomic E-state index is 0.0866. The maximum absolute atomic E-state index is 12.9. The van der Waals surface area contributed by atoms with E-state index in [1.54, 1.807) is 14.1 Å². The van der Waals surface area contributed by atoms with Gasteiger partial charge >= 0.3 is 5.97 Å². The van der Waals surface area contributed by atoms with Crippen molar-refractivity contribution in [1.82, 2.24) is 29.7 Å². The van der Waals surface area contributed by atoms with Crippen molar-refractivity contribution < 1.29 is 14.7 Å². The number of H-pyrrole nitrogens is 1. The van der Waals surface area contributed by atoms with E-state index >= 15 is 0 Å². The van der Waals surface area contributed by atoms with Crippen molar-refractivity contribution in [1.29, 1.82) is 0 Å². The number of aromatic amines is 1. The summed E-state index contributed by atoms with van der Waals surface area (Å²) in [6.45, 7) is 5.78. The molecule has 0 aliphatic carbocycles. The van der Waals surface area contributed by atoms with Crippen LogP contribution in [0.5, 0.6) is 0 Å². The molecule has 0 saturated heterocycles. The molecular weight excluding hydrogens is 380 g/mol. The number of anilines is 2. The Kier molecular flexibility index (Phi) is 6.80. The van der Waals surface area contributed by atoms with E-state index in [1.807, 2.05) is 20.8 Å². The number of imidazole rings is 1. The topological polar surface area (TPSA) is 157 Å². The third-order valence-electron chi connectivity index (χ3n) is 3.93. The van der Waals surface area contributed by atoms with E-state index in [0.717, 1.165) is 0 Å². The Morgan fingerprint density at radius 2 is 1.93 bits per heavy atom. The molecule has 0 aromatic carbocycles. The summed E-state index contributed by atoms with van der Waals surface area (Å²) in [6.07, 6.45) is 0. The van der Waals surface area contributed by atoms with Crippen LogP contribution in [0.25, 0.3) is 11.2 Å². The number of fused-ring (bicyclic) bond motifs is 1. The lowest BCUT2D eigenvalue weighted by Crippen LogP contribution is -2.41. The molecule has 0 fully saturated rings. The van der Waals surface area contributed by atoms with Crippen LogP contribution in [0.1, 0.15) is 20.8 Å². The molecule has 0 bridgehead atoms. The molecule has 1 amide bonds. The molecule has 2 rings (SSSR count). The smallest absolute Gasteiger partial charge is 0.323 e. The van der Waals surface area contributed by atoms with E-state index in [0.29, 0.717) is 12.5 Å². The summed E-state index contributed by atoms with van der Waals surface area (Å²) in [4.78, 5) is 48.9. The number of likely N-dealkylation sites (N-methyl/N-ethyl adjacent to an activating group) is 1. The Morgan fingerprint density at radius 1 is 1.24 bits per heavy atom. The Morgan fingerprint density at radius 3 is 2.48 bits per heavy atom. The Balaban J connectivity index is 2.51. The third-order valence-corrected chi connectivity index (χ3v) is 3.93. The molecule has 0 aliphatic rings. The first kappa shape index (κ1) is 22.1. The van der Waals surface area contributed by atoms with Crippen molar-refractivity contribution in [3.8, 4) is 0 Å². The average Bonchev–Trinajstić information content (AvgIpc) is 2.94. The second-order valence-corrected chi connectivity index (χ2v) is 7.55. The number of aromatic nitrogens is 4. The number of carbonyl (C=O) groups is 2. The molecule has 2 aromatic heterocycles. The van der Waals surface area contributed by atoms with Crippen LogP contribution in [0.4, 0.5) is 11.9 Å². The lowest BCUT2D eigenvalue weighted by Gasteiger charge is -2.24. The van der Waals surface area contributed by atoms with Crippen LogP contribution in [-0.4, -0.2) is 80.7 Å². The van der Waals surface area contributed by atoms with Gasteiger partial charge in [-0.05, 0) is 27.8 Å². The molecule has 0 atom stereocenters. The van der Waals surface area contributed by atoms with Gasteiger partial charge in [0.15, 0.2) is 11.2 Å². The standard InChI is InChI=1S/C17H28N8O4/c1-17(2,3)23-16-20-12-13(21-15(19-5)22-14(12)29)25(16)8-10(26)24(7-6-18-4)9-11(27)28/h18H,6-9H2,1-5H3,(H,20,23)(H,27,28)(H2,19,21,22,29). The first-order chi connectivity index (χ1) is 13.6. The molecule has 29 heavy (non-hydrogen) atoms. The molecule has 2 aromatic rings. The minimum Gasteiger partial charge on any atom is -0.480 e. The van der Waals surface area contributed by atoms with E-state index in [1.165, 1.54) is 9.47 Å². The van der Waals surface area contributed by atoms with Crippen LogP contribution in [0.15, 0.2) is 4.79 Å². The number of hydrogen-bond acceptors (Lipinski definition) is 8. The zero-order valence-corrected chi connectivity index (χ0v) is 17.3. The van der Waals surface area contributed by atoms with Crippen LogP contribution < -0.4 is 21.5 Å². The molecule has 0 saturated carbocycles. The second-order valence-electron chi connectivity index (χ2n) is 7.55. The minimum atomic E-state index is -1.11. The van der Waals surface area contributed by atoms with Crippen molar-refractivity contribution >= 4 is 34.9 Å². The Labute approximate surface area is 167 Å². The number of rotatable bonds is 9. The molecular formula is C17H28N8O4. The first-order valence-corrected chi connectivity index (χ1v) is 9.16. The predicted molar refractivity (Wildman–Crippen MR) is 109 cm³/mol. The lowest BCUT2D eigenvalue weighted by atomic mass is 10.1. The number of hydrogen-bond donors (Lipinski definition) is 5. The summed E-state index contributed by atoms with van der Waals surface area (Å²) >= 11 is 0. The fraction of sp³-hybridized carbons (Fsp3) is 0.588. The van der Waals surface area contributed by atoms with Gasteiger partial charge in [-0.1, -0.05) is 0 Å². The molecule has 0 radical (unpaired) electrons. The van der Waals surface area contributed by atoms with Gasteiger partial charge < -0.3 is 26.0 Å². The van der Waals surface area contributed by atoms with E-state index in [2.05, 4.69) is 30.9 Å². The van der Waals surface area contributed by atoms with Gasteiger partial charge in [-0.25, -0.2) is 4.98 Å². The van der Waals surface area contributed by atoms with Gasteiger partial charge in [0.25, 0.3) is 5.56 Å². The quantitative estimate of drug-likeness (QED) is 0.369.